The Morgan fingerprint density at radius 2 is 2.10 bits per heavy atom. The number of rotatable bonds is 2. The van der Waals surface area contributed by atoms with Gasteiger partial charge in [-0.25, -0.2) is 0 Å². The predicted molar refractivity (Wildman–Crippen MR) is 84.0 cm³/mol. The fourth-order valence-corrected chi connectivity index (χ4v) is 2.82. The first-order valence-electron chi connectivity index (χ1n) is 7.19. The number of nitrogens with two attached hydrogens (primary N) is 1. The fraction of sp³-hybridized carbons (Fsp3) is 0.562. The van der Waals surface area contributed by atoms with Crippen molar-refractivity contribution in [2.45, 2.75) is 27.2 Å². The number of hydrogen-bond acceptors (Lipinski definition) is 3. The standard InChI is InChI=1S/C16H25N3O/c1-16(2,3)11-7-8-19(10-11)14-9-12(17)5-6-13(14)15(20)18-4/h5-6,9,11H,7-8,10,17H2,1-4H3,(H,18,20). The van der Waals surface area contributed by atoms with Crippen LogP contribution in [0.2, 0.25) is 0 Å². The van der Waals surface area contributed by atoms with Crippen molar-refractivity contribution in [3.63, 3.8) is 0 Å². The van der Waals surface area contributed by atoms with Gasteiger partial charge in [-0.05, 0) is 36.0 Å². The molecule has 1 heterocycles. The molecule has 1 amide bonds. The summed E-state index contributed by atoms with van der Waals surface area (Å²) >= 11 is 0. The molecule has 1 fully saturated rings. The summed E-state index contributed by atoms with van der Waals surface area (Å²) in [5.74, 6) is 0.584. The molecule has 0 aliphatic carbocycles. The summed E-state index contributed by atoms with van der Waals surface area (Å²) in [6.07, 6.45) is 1.16. The van der Waals surface area contributed by atoms with Gasteiger partial charge in [0.05, 0.1) is 11.3 Å². The van der Waals surface area contributed by atoms with E-state index in [9.17, 15) is 4.79 Å². The van der Waals surface area contributed by atoms with Gasteiger partial charge in [0.2, 0.25) is 0 Å². The maximum Gasteiger partial charge on any atom is 0.253 e. The Kier molecular flexibility index (Phi) is 3.93. The predicted octanol–water partition coefficient (Wildman–Crippen LogP) is 2.50. The lowest BCUT2D eigenvalue weighted by molar-refractivity contribution is 0.0963. The van der Waals surface area contributed by atoms with Gasteiger partial charge in [-0.2, -0.15) is 0 Å². The summed E-state index contributed by atoms with van der Waals surface area (Å²) in [5.41, 5.74) is 8.55. The fourth-order valence-electron chi connectivity index (χ4n) is 2.82. The van der Waals surface area contributed by atoms with Gasteiger partial charge in [0.1, 0.15) is 0 Å². The van der Waals surface area contributed by atoms with E-state index in [4.69, 9.17) is 5.73 Å². The number of carbonyl (C=O) groups excluding carboxylic acids is 1. The Balaban J connectivity index is 2.29. The minimum atomic E-state index is -0.0563. The van der Waals surface area contributed by atoms with Crippen LogP contribution < -0.4 is 16.0 Å². The third-order valence-electron chi connectivity index (χ3n) is 4.25. The molecule has 2 rings (SSSR count). The third-order valence-corrected chi connectivity index (χ3v) is 4.25. The number of benzene rings is 1. The molecule has 1 atom stereocenters. The number of carbonyl (C=O) groups is 1. The Morgan fingerprint density at radius 3 is 2.65 bits per heavy atom. The zero-order valence-corrected chi connectivity index (χ0v) is 12.9. The largest absolute Gasteiger partial charge is 0.399 e. The van der Waals surface area contributed by atoms with E-state index in [1.807, 2.05) is 12.1 Å². The Morgan fingerprint density at radius 1 is 1.40 bits per heavy atom. The summed E-state index contributed by atoms with van der Waals surface area (Å²) < 4.78 is 0. The first-order valence-corrected chi connectivity index (χ1v) is 7.19. The SMILES string of the molecule is CNC(=O)c1ccc(N)cc1N1CCC(C(C)(C)C)C1. The van der Waals surface area contributed by atoms with E-state index in [0.717, 1.165) is 25.2 Å². The zero-order chi connectivity index (χ0) is 14.9. The molecular formula is C16H25N3O. The van der Waals surface area contributed by atoms with Crippen LogP contribution in [0, 0.1) is 11.3 Å². The van der Waals surface area contributed by atoms with Gasteiger partial charge >= 0.3 is 0 Å². The van der Waals surface area contributed by atoms with Crippen LogP contribution in [-0.2, 0) is 0 Å². The molecule has 20 heavy (non-hydrogen) atoms. The number of nitrogens with one attached hydrogen (secondary N) is 1. The van der Waals surface area contributed by atoms with Gasteiger partial charge in [0.15, 0.2) is 0 Å². The first-order chi connectivity index (χ1) is 9.32. The van der Waals surface area contributed by atoms with Crippen molar-refractivity contribution in [2.75, 3.05) is 30.8 Å². The molecule has 0 aromatic heterocycles. The van der Waals surface area contributed by atoms with Crippen molar-refractivity contribution >= 4 is 17.3 Å². The van der Waals surface area contributed by atoms with Gasteiger partial charge < -0.3 is 16.0 Å². The summed E-state index contributed by atoms with van der Waals surface area (Å²) in [4.78, 5) is 14.3. The van der Waals surface area contributed by atoms with Crippen molar-refractivity contribution in [3.8, 4) is 0 Å². The average molecular weight is 275 g/mol. The number of nitrogen functional groups attached to an aromatic ring is 1. The summed E-state index contributed by atoms with van der Waals surface area (Å²) in [5, 5.41) is 2.70. The highest BCUT2D eigenvalue weighted by molar-refractivity contribution is 6.00. The highest BCUT2D eigenvalue weighted by Gasteiger charge is 2.33. The lowest BCUT2D eigenvalue weighted by Gasteiger charge is -2.28. The van der Waals surface area contributed by atoms with Gasteiger partial charge in [-0.1, -0.05) is 20.8 Å². The normalized spacial score (nSPS) is 19.2. The number of anilines is 2. The molecular weight excluding hydrogens is 250 g/mol. The van der Waals surface area contributed by atoms with E-state index in [2.05, 4.69) is 31.0 Å². The average Bonchev–Trinajstić information content (AvgIpc) is 2.87. The van der Waals surface area contributed by atoms with E-state index >= 15 is 0 Å². The highest BCUT2D eigenvalue weighted by Crippen LogP contribution is 2.37. The second kappa shape index (κ2) is 5.35. The van der Waals surface area contributed by atoms with Crippen LogP contribution >= 0.6 is 0 Å². The van der Waals surface area contributed by atoms with Crippen molar-refractivity contribution < 1.29 is 4.79 Å². The molecule has 4 heteroatoms. The molecule has 1 aliphatic rings. The maximum atomic E-state index is 12.0. The topological polar surface area (TPSA) is 58.4 Å². The molecule has 0 radical (unpaired) electrons. The van der Waals surface area contributed by atoms with Gasteiger partial charge in [0.25, 0.3) is 5.91 Å². The molecule has 0 bridgehead atoms. The Bertz CT molecular complexity index is 505. The highest BCUT2D eigenvalue weighted by atomic mass is 16.1. The molecule has 110 valence electrons. The van der Waals surface area contributed by atoms with Crippen molar-refractivity contribution in [2.24, 2.45) is 11.3 Å². The van der Waals surface area contributed by atoms with E-state index in [-0.39, 0.29) is 5.91 Å². The minimum Gasteiger partial charge on any atom is -0.399 e. The van der Waals surface area contributed by atoms with E-state index in [1.54, 1.807) is 13.1 Å². The Labute approximate surface area is 121 Å². The van der Waals surface area contributed by atoms with Crippen LogP contribution in [0.5, 0.6) is 0 Å². The summed E-state index contributed by atoms with van der Waals surface area (Å²) in [6.45, 7) is 8.80. The number of nitrogens with zero attached hydrogens (tertiary/aromatic N) is 1. The number of hydrogen-bond donors (Lipinski definition) is 2. The maximum absolute atomic E-state index is 12.0. The first kappa shape index (κ1) is 14.7. The molecule has 1 aromatic carbocycles. The number of amides is 1. The smallest absolute Gasteiger partial charge is 0.253 e. The van der Waals surface area contributed by atoms with Crippen LogP contribution in [0.4, 0.5) is 11.4 Å². The molecule has 0 saturated carbocycles. The van der Waals surface area contributed by atoms with Crippen molar-refractivity contribution in [1.82, 2.24) is 5.32 Å². The van der Waals surface area contributed by atoms with E-state index in [1.165, 1.54) is 0 Å². The van der Waals surface area contributed by atoms with Crippen LogP contribution in [0.25, 0.3) is 0 Å². The molecule has 1 aromatic rings. The molecule has 0 spiro atoms. The monoisotopic (exact) mass is 275 g/mol. The van der Waals surface area contributed by atoms with E-state index < -0.39 is 0 Å². The molecule has 1 aliphatic heterocycles. The molecule has 1 unspecified atom stereocenters. The quantitative estimate of drug-likeness (QED) is 0.815. The molecule has 1 saturated heterocycles. The summed E-state index contributed by atoms with van der Waals surface area (Å²) in [7, 11) is 1.66. The lowest BCUT2D eigenvalue weighted by Crippen LogP contribution is -2.28. The van der Waals surface area contributed by atoms with Crippen LogP contribution in [0.15, 0.2) is 18.2 Å². The second-order valence-corrected chi connectivity index (χ2v) is 6.65. The second-order valence-electron chi connectivity index (χ2n) is 6.65. The van der Waals surface area contributed by atoms with Crippen molar-refractivity contribution in [1.29, 1.82) is 0 Å². The van der Waals surface area contributed by atoms with Crippen LogP contribution in [-0.4, -0.2) is 26.0 Å². The lowest BCUT2D eigenvalue weighted by atomic mass is 9.80. The van der Waals surface area contributed by atoms with Gasteiger partial charge in [-0.3, -0.25) is 4.79 Å². The van der Waals surface area contributed by atoms with Crippen LogP contribution in [0.1, 0.15) is 37.6 Å². The van der Waals surface area contributed by atoms with E-state index in [0.29, 0.717) is 22.6 Å². The molecule has 4 nitrogen and oxygen atoms in total. The zero-order valence-electron chi connectivity index (χ0n) is 12.9. The van der Waals surface area contributed by atoms with Gasteiger partial charge in [-0.15, -0.1) is 0 Å². The van der Waals surface area contributed by atoms with Gasteiger partial charge in [0, 0.05) is 25.8 Å². The summed E-state index contributed by atoms with van der Waals surface area (Å²) in [6, 6.07) is 5.51. The molecule has 3 N–H and O–H groups in total. The Hall–Kier alpha value is -1.71. The third kappa shape index (κ3) is 2.89. The minimum absolute atomic E-state index is 0.0563. The van der Waals surface area contributed by atoms with Crippen LogP contribution in [0.3, 0.4) is 0 Å². The van der Waals surface area contributed by atoms with Crippen molar-refractivity contribution in [3.05, 3.63) is 23.8 Å².